The van der Waals surface area contributed by atoms with Crippen LogP contribution in [0.1, 0.15) is 121 Å². The Morgan fingerprint density at radius 2 is 1.62 bits per heavy atom. The molecule has 1 saturated heterocycles. The first-order valence-electron chi connectivity index (χ1n) is 16.5. The predicted molar refractivity (Wildman–Crippen MR) is 186 cm³/mol. The van der Waals surface area contributed by atoms with Crippen molar-refractivity contribution in [2.75, 3.05) is 18.0 Å². The van der Waals surface area contributed by atoms with Gasteiger partial charge in [0.1, 0.15) is 16.6 Å². The van der Waals surface area contributed by atoms with Crippen molar-refractivity contribution >= 4 is 41.6 Å². The molecule has 260 valence electrons. The zero-order valence-electron chi connectivity index (χ0n) is 29.1. The van der Waals surface area contributed by atoms with Gasteiger partial charge in [0.25, 0.3) is 0 Å². The third kappa shape index (κ3) is 13.5. The Hall–Kier alpha value is -3.70. The molecule has 0 unspecified atom stereocenters. The fraction of sp³-hybridized carbons (Fsp3) is 0.667. The maximum atomic E-state index is 12.4. The van der Waals surface area contributed by atoms with Crippen LogP contribution in [0.15, 0.2) is 6.07 Å². The van der Waals surface area contributed by atoms with Crippen LogP contribution in [0.5, 0.6) is 0 Å². The highest BCUT2D eigenvalue weighted by atomic mass is 32.1. The smallest absolute Gasteiger partial charge is 0.410 e. The fourth-order valence-electron chi connectivity index (χ4n) is 5.52. The molecule has 4 rings (SSSR count). The highest BCUT2D eigenvalue weighted by Crippen LogP contribution is 2.34. The van der Waals surface area contributed by atoms with Crippen LogP contribution in [0.25, 0.3) is 0 Å². The van der Waals surface area contributed by atoms with Gasteiger partial charge in [0, 0.05) is 17.5 Å². The Balaban J connectivity index is 0.000000743. The van der Waals surface area contributed by atoms with Gasteiger partial charge < -0.3 is 29.7 Å². The van der Waals surface area contributed by atoms with Gasteiger partial charge in [0.05, 0.1) is 23.7 Å². The number of aromatic carboxylic acids is 1. The lowest BCUT2D eigenvalue weighted by molar-refractivity contribution is -0.108. The van der Waals surface area contributed by atoms with Gasteiger partial charge in [-0.05, 0) is 79.2 Å². The molecule has 0 radical (unpaired) electrons. The molecule has 2 N–H and O–H groups in total. The molecule has 3 fully saturated rings. The second-order valence-corrected chi connectivity index (χ2v) is 15.5. The summed E-state index contributed by atoms with van der Waals surface area (Å²) in [5, 5.41) is 12.6. The Bertz CT molecular complexity index is 1280. The fourth-order valence-corrected chi connectivity index (χ4v) is 6.37. The van der Waals surface area contributed by atoms with Crippen LogP contribution in [0, 0.1) is 36.0 Å². The molecule has 10 nitrogen and oxygen atoms in total. The van der Waals surface area contributed by atoms with E-state index in [2.05, 4.69) is 36.9 Å². The molecule has 47 heavy (non-hydrogen) atoms. The summed E-state index contributed by atoms with van der Waals surface area (Å²) >= 11 is 1.06. The summed E-state index contributed by atoms with van der Waals surface area (Å²) in [4.78, 5) is 51.9. The van der Waals surface area contributed by atoms with E-state index < -0.39 is 23.8 Å². The highest BCUT2D eigenvalue weighted by Gasteiger charge is 2.37. The number of anilines is 1. The minimum Gasteiger partial charge on any atom is -0.477 e. The lowest BCUT2D eigenvalue weighted by atomic mass is 9.90. The summed E-state index contributed by atoms with van der Waals surface area (Å²) in [7, 11) is 0. The molecular weight excluding hydrogens is 618 g/mol. The third-order valence-corrected chi connectivity index (χ3v) is 8.97. The summed E-state index contributed by atoms with van der Waals surface area (Å²) in [6.07, 6.45) is 17.2. The maximum Gasteiger partial charge on any atom is 0.410 e. The summed E-state index contributed by atoms with van der Waals surface area (Å²) < 4.78 is 10.7. The summed E-state index contributed by atoms with van der Waals surface area (Å²) in [6.45, 7) is 14.2. The number of ether oxygens (including phenoxy) is 2. The van der Waals surface area contributed by atoms with Crippen LogP contribution in [0.2, 0.25) is 0 Å². The standard InChI is InChI=1S/C27H37N3O7S.C7H14.C2H2/c1-26(2,3)12-11-20-13-21(22(38-20)23(32)33)30(16-31)18-9-7-17(8-10-18)28-24(34)36-19-14-29(15-19)25(35)37-27(4,5)6;1-7-5-3-2-4-6-7;1-2/h13,16-19H,7-10,14-15H2,1-6H3,(H,28,34)(H,32,33);7H,2-6H2,1H3;1-2H. The van der Waals surface area contributed by atoms with Crippen LogP contribution in [0.3, 0.4) is 0 Å². The molecule has 1 aliphatic heterocycles. The number of nitrogens with one attached hydrogen (secondary N) is 1. The molecule has 3 aliphatic rings. The van der Waals surface area contributed by atoms with Crippen molar-refractivity contribution in [3.63, 3.8) is 0 Å². The number of carboxylic acids is 1. The molecule has 2 saturated carbocycles. The Labute approximate surface area is 284 Å². The lowest BCUT2D eigenvalue weighted by Crippen LogP contribution is -2.57. The number of hydrogen-bond donors (Lipinski definition) is 2. The number of thiophene rings is 1. The van der Waals surface area contributed by atoms with Crippen LogP contribution in [-0.2, 0) is 14.3 Å². The van der Waals surface area contributed by atoms with Crippen LogP contribution >= 0.6 is 11.3 Å². The average molecular weight is 672 g/mol. The van der Waals surface area contributed by atoms with Gasteiger partial charge in [-0.1, -0.05) is 50.9 Å². The van der Waals surface area contributed by atoms with E-state index in [4.69, 9.17) is 9.47 Å². The molecule has 2 aliphatic carbocycles. The van der Waals surface area contributed by atoms with Crippen molar-refractivity contribution in [2.45, 2.75) is 130 Å². The first-order valence-corrected chi connectivity index (χ1v) is 17.3. The quantitative estimate of drug-likeness (QED) is 0.240. The normalized spacial score (nSPS) is 19.9. The number of terminal acetylenes is 1. The van der Waals surface area contributed by atoms with Crippen LogP contribution in [0.4, 0.5) is 15.3 Å². The van der Waals surface area contributed by atoms with Crippen molar-refractivity contribution < 1.29 is 33.8 Å². The lowest BCUT2D eigenvalue weighted by Gasteiger charge is -2.39. The molecule has 0 atom stereocenters. The number of amides is 3. The first kappa shape index (κ1) is 39.5. The van der Waals surface area contributed by atoms with E-state index in [1.54, 1.807) is 26.8 Å². The summed E-state index contributed by atoms with van der Waals surface area (Å²) in [5.41, 5.74) is -0.466. The van der Waals surface area contributed by atoms with Crippen molar-refractivity contribution in [3.8, 4) is 24.7 Å². The Morgan fingerprint density at radius 3 is 2.09 bits per heavy atom. The zero-order chi connectivity index (χ0) is 35.4. The predicted octanol–water partition coefficient (Wildman–Crippen LogP) is 7.30. The van der Waals surface area contributed by atoms with Crippen molar-refractivity contribution in [2.24, 2.45) is 11.3 Å². The van der Waals surface area contributed by atoms with E-state index in [1.807, 2.05) is 20.8 Å². The SMILES string of the molecule is C#C.CC(C)(C)C#Cc1cc(N(C=O)C2CCC(NC(=O)OC3CN(C(=O)OC(C)(C)C)C3)CC2)c(C(=O)O)s1.CC1CCCCC1. The molecule has 2 heterocycles. The van der Waals surface area contributed by atoms with E-state index in [0.29, 0.717) is 42.7 Å². The van der Waals surface area contributed by atoms with E-state index in [0.717, 1.165) is 17.3 Å². The summed E-state index contributed by atoms with van der Waals surface area (Å²) in [6, 6.07) is 1.36. The number of carbonyl (C=O) groups excluding carboxylic acids is 3. The van der Waals surface area contributed by atoms with Crippen LogP contribution in [-0.4, -0.2) is 71.5 Å². The molecule has 1 aromatic rings. The van der Waals surface area contributed by atoms with Crippen molar-refractivity contribution in [1.82, 2.24) is 10.2 Å². The average Bonchev–Trinajstić information content (AvgIpc) is 3.40. The zero-order valence-corrected chi connectivity index (χ0v) is 29.9. The van der Waals surface area contributed by atoms with Gasteiger partial charge in [0.15, 0.2) is 0 Å². The largest absolute Gasteiger partial charge is 0.477 e. The molecule has 0 aromatic carbocycles. The van der Waals surface area contributed by atoms with E-state index in [9.17, 15) is 24.3 Å². The topological polar surface area (TPSA) is 125 Å². The van der Waals surface area contributed by atoms with Crippen LogP contribution < -0.4 is 10.2 Å². The number of hydrogen-bond acceptors (Lipinski definition) is 7. The van der Waals surface area contributed by atoms with Gasteiger partial charge in [-0.25, -0.2) is 14.4 Å². The van der Waals surface area contributed by atoms with Gasteiger partial charge in [-0.2, -0.15) is 0 Å². The monoisotopic (exact) mass is 671 g/mol. The number of nitrogens with zero attached hydrogens (tertiary/aromatic N) is 2. The minimum atomic E-state index is -1.10. The molecular formula is C36H53N3O7S. The second kappa shape index (κ2) is 18.0. The third-order valence-electron chi connectivity index (χ3n) is 7.94. The maximum absolute atomic E-state index is 12.4. The Morgan fingerprint density at radius 1 is 1.02 bits per heavy atom. The number of alkyl carbamates (subject to hydrolysis) is 1. The molecule has 3 amide bonds. The van der Waals surface area contributed by atoms with Gasteiger partial charge in [-0.3, -0.25) is 4.79 Å². The molecule has 0 spiro atoms. The number of carbonyl (C=O) groups is 4. The van der Waals surface area contributed by atoms with Crippen molar-refractivity contribution in [3.05, 3.63) is 15.8 Å². The number of carboxylic acid groups (broad SMARTS) is 1. The summed E-state index contributed by atoms with van der Waals surface area (Å²) in [5.74, 6) is 6.07. The minimum absolute atomic E-state index is 0.0834. The van der Waals surface area contributed by atoms with Gasteiger partial charge >= 0.3 is 18.2 Å². The van der Waals surface area contributed by atoms with E-state index in [-0.39, 0.29) is 41.6 Å². The molecule has 0 bridgehead atoms. The first-order chi connectivity index (χ1) is 22.0. The highest BCUT2D eigenvalue weighted by molar-refractivity contribution is 7.15. The second-order valence-electron chi connectivity index (χ2n) is 14.4. The molecule has 11 heteroatoms. The molecule has 1 aromatic heterocycles. The van der Waals surface area contributed by atoms with E-state index in [1.165, 1.54) is 41.9 Å². The van der Waals surface area contributed by atoms with Gasteiger partial charge in [-0.15, -0.1) is 24.2 Å². The Kier molecular flexibility index (Phi) is 15.1. The van der Waals surface area contributed by atoms with E-state index >= 15 is 0 Å². The van der Waals surface area contributed by atoms with Crippen molar-refractivity contribution in [1.29, 1.82) is 0 Å². The number of rotatable bonds is 6. The number of likely N-dealkylation sites (tertiary alicyclic amines) is 1. The van der Waals surface area contributed by atoms with Gasteiger partial charge in [0.2, 0.25) is 6.41 Å².